The molecule has 5 heteroatoms. The Morgan fingerprint density at radius 2 is 2.50 bits per heavy atom. The Morgan fingerprint density at radius 1 is 1.75 bits per heavy atom. The second kappa shape index (κ2) is 3.87. The maximum absolute atomic E-state index is 10.3. The highest BCUT2D eigenvalue weighted by atomic mass is 16.4. The number of nitrogens with zero attached hydrogens (tertiary/aromatic N) is 2. The van der Waals surface area contributed by atoms with E-state index in [1.54, 1.807) is 23.3 Å². The molecule has 0 aliphatic carbocycles. The molecule has 0 fully saturated rings. The summed E-state index contributed by atoms with van der Waals surface area (Å²) < 4.78 is 1.79. The van der Waals surface area contributed by atoms with Gasteiger partial charge in [0.1, 0.15) is 6.04 Å². The molecule has 1 atom stereocenters. The average molecular weight is 169 g/mol. The van der Waals surface area contributed by atoms with Gasteiger partial charge < -0.3 is 15.4 Å². The molecule has 66 valence electrons. The standard InChI is InChI=1S/C7H11N3O2/c8-6(7(11)12)1-3-10-4-2-9-5-10/h2,4-6H,1,3,8H2,(H,11,12). The maximum Gasteiger partial charge on any atom is 0.320 e. The number of nitrogens with two attached hydrogens (primary N) is 1. The number of rotatable bonds is 4. The van der Waals surface area contributed by atoms with Crippen molar-refractivity contribution in [3.05, 3.63) is 18.7 Å². The Labute approximate surface area is 69.8 Å². The van der Waals surface area contributed by atoms with Crippen LogP contribution in [0.15, 0.2) is 18.7 Å². The minimum Gasteiger partial charge on any atom is -0.480 e. The number of carboxylic acids is 1. The highest BCUT2D eigenvalue weighted by molar-refractivity contribution is 5.72. The summed E-state index contributed by atoms with van der Waals surface area (Å²) in [5.74, 6) is -0.963. The van der Waals surface area contributed by atoms with Crippen molar-refractivity contribution in [1.82, 2.24) is 9.55 Å². The topological polar surface area (TPSA) is 81.1 Å². The van der Waals surface area contributed by atoms with Crippen LogP contribution >= 0.6 is 0 Å². The predicted molar refractivity (Wildman–Crippen MR) is 42.5 cm³/mol. The lowest BCUT2D eigenvalue weighted by Crippen LogP contribution is -2.31. The Hall–Kier alpha value is -1.36. The van der Waals surface area contributed by atoms with Crippen molar-refractivity contribution in [2.45, 2.75) is 19.0 Å². The van der Waals surface area contributed by atoms with Crippen LogP contribution in [0.3, 0.4) is 0 Å². The largest absolute Gasteiger partial charge is 0.480 e. The Bertz CT molecular complexity index is 245. The first kappa shape index (κ1) is 8.73. The van der Waals surface area contributed by atoms with Gasteiger partial charge in [-0.25, -0.2) is 4.98 Å². The van der Waals surface area contributed by atoms with Gasteiger partial charge in [-0.15, -0.1) is 0 Å². The molecule has 3 N–H and O–H groups in total. The maximum atomic E-state index is 10.3. The number of aliphatic carboxylic acids is 1. The van der Waals surface area contributed by atoms with E-state index in [0.717, 1.165) is 0 Å². The summed E-state index contributed by atoms with van der Waals surface area (Å²) in [6, 6.07) is -0.785. The first-order chi connectivity index (χ1) is 5.70. The third kappa shape index (κ3) is 2.35. The van der Waals surface area contributed by atoms with E-state index in [4.69, 9.17) is 10.8 Å². The first-order valence-electron chi connectivity index (χ1n) is 3.64. The van der Waals surface area contributed by atoms with Crippen molar-refractivity contribution in [2.24, 2.45) is 5.73 Å². The quantitative estimate of drug-likeness (QED) is 0.647. The van der Waals surface area contributed by atoms with Crippen LogP contribution in [-0.4, -0.2) is 26.7 Å². The van der Waals surface area contributed by atoms with Crippen molar-refractivity contribution in [1.29, 1.82) is 0 Å². The van der Waals surface area contributed by atoms with Crippen molar-refractivity contribution in [3.63, 3.8) is 0 Å². The number of aryl methyl sites for hydroxylation is 1. The molecule has 0 aromatic carbocycles. The van der Waals surface area contributed by atoms with Gasteiger partial charge in [0.25, 0.3) is 0 Å². The molecule has 0 aliphatic heterocycles. The lowest BCUT2D eigenvalue weighted by Gasteiger charge is -2.05. The first-order valence-corrected chi connectivity index (χ1v) is 3.64. The molecule has 5 nitrogen and oxygen atoms in total. The lowest BCUT2D eigenvalue weighted by molar-refractivity contribution is -0.138. The zero-order valence-corrected chi connectivity index (χ0v) is 6.55. The van der Waals surface area contributed by atoms with Crippen LogP contribution in [0.2, 0.25) is 0 Å². The summed E-state index contributed by atoms with van der Waals surface area (Å²) in [6.45, 7) is 0.591. The number of aromatic nitrogens is 2. The van der Waals surface area contributed by atoms with E-state index in [9.17, 15) is 4.79 Å². The summed E-state index contributed by atoms with van der Waals surface area (Å²) in [7, 11) is 0. The van der Waals surface area contributed by atoms with Gasteiger partial charge in [0, 0.05) is 18.9 Å². The summed E-state index contributed by atoms with van der Waals surface area (Å²) in [5.41, 5.74) is 5.30. The lowest BCUT2D eigenvalue weighted by atomic mass is 10.2. The van der Waals surface area contributed by atoms with E-state index in [2.05, 4.69) is 4.98 Å². The van der Waals surface area contributed by atoms with E-state index >= 15 is 0 Å². The van der Waals surface area contributed by atoms with Gasteiger partial charge in [-0.05, 0) is 6.42 Å². The molecule has 0 radical (unpaired) electrons. The molecular weight excluding hydrogens is 158 g/mol. The molecule has 0 aliphatic rings. The third-order valence-corrected chi connectivity index (χ3v) is 1.57. The molecule has 1 aromatic rings. The molecule has 12 heavy (non-hydrogen) atoms. The second-order valence-electron chi connectivity index (χ2n) is 2.53. The fourth-order valence-corrected chi connectivity index (χ4v) is 0.831. The van der Waals surface area contributed by atoms with E-state index in [1.807, 2.05) is 0 Å². The summed E-state index contributed by atoms with van der Waals surface area (Å²) >= 11 is 0. The van der Waals surface area contributed by atoms with E-state index in [-0.39, 0.29) is 0 Å². The predicted octanol–water partition coefficient (Wildman–Crippen LogP) is -0.315. The molecule has 1 rings (SSSR count). The molecular formula is C7H11N3O2. The molecule has 0 spiro atoms. The number of carbonyl (C=O) groups is 1. The van der Waals surface area contributed by atoms with Gasteiger partial charge in [0.05, 0.1) is 6.33 Å². The van der Waals surface area contributed by atoms with Crippen LogP contribution in [0.5, 0.6) is 0 Å². The van der Waals surface area contributed by atoms with E-state index < -0.39 is 12.0 Å². The number of carboxylic acid groups (broad SMARTS) is 1. The van der Waals surface area contributed by atoms with Crippen LogP contribution in [0.25, 0.3) is 0 Å². The molecule has 1 heterocycles. The van der Waals surface area contributed by atoms with E-state index in [0.29, 0.717) is 13.0 Å². The van der Waals surface area contributed by atoms with Crippen molar-refractivity contribution in [2.75, 3.05) is 0 Å². The van der Waals surface area contributed by atoms with Gasteiger partial charge in [0.15, 0.2) is 0 Å². The van der Waals surface area contributed by atoms with Crippen LogP contribution in [0.1, 0.15) is 6.42 Å². The van der Waals surface area contributed by atoms with Gasteiger partial charge >= 0.3 is 5.97 Å². The Kier molecular flexibility index (Phi) is 2.82. The van der Waals surface area contributed by atoms with Crippen LogP contribution in [0.4, 0.5) is 0 Å². The molecule has 0 saturated heterocycles. The zero-order chi connectivity index (χ0) is 8.97. The molecule has 0 amide bonds. The second-order valence-corrected chi connectivity index (χ2v) is 2.53. The number of hydrogen-bond acceptors (Lipinski definition) is 3. The Morgan fingerprint density at radius 3 is 3.00 bits per heavy atom. The smallest absolute Gasteiger partial charge is 0.320 e. The molecule has 1 unspecified atom stereocenters. The van der Waals surface area contributed by atoms with Crippen LogP contribution in [0, 0.1) is 0 Å². The normalized spacial score (nSPS) is 12.8. The highest BCUT2D eigenvalue weighted by Gasteiger charge is 2.10. The summed E-state index contributed by atoms with van der Waals surface area (Å²) in [5, 5.41) is 8.46. The third-order valence-electron chi connectivity index (χ3n) is 1.57. The fourth-order valence-electron chi connectivity index (χ4n) is 0.831. The number of imidazole rings is 1. The van der Waals surface area contributed by atoms with Gasteiger partial charge in [0.2, 0.25) is 0 Å². The van der Waals surface area contributed by atoms with Crippen molar-refractivity contribution >= 4 is 5.97 Å². The molecule has 1 aromatic heterocycles. The minimum atomic E-state index is -0.963. The monoisotopic (exact) mass is 169 g/mol. The SMILES string of the molecule is NC(CCn1ccnc1)C(=O)O. The zero-order valence-electron chi connectivity index (χ0n) is 6.55. The van der Waals surface area contributed by atoms with Crippen molar-refractivity contribution in [3.8, 4) is 0 Å². The fraction of sp³-hybridized carbons (Fsp3) is 0.429. The van der Waals surface area contributed by atoms with Crippen molar-refractivity contribution < 1.29 is 9.90 Å². The summed E-state index contributed by atoms with van der Waals surface area (Å²) in [4.78, 5) is 14.1. The van der Waals surface area contributed by atoms with E-state index in [1.165, 1.54) is 0 Å². The van der Waals surface area contributed by atoms with Gasteiger partial charge in [-0.2, -0.15) is 0 Å². The van der Waals surface area contributed by atoms with Gasteiger partial charge in [-0.3, -0.25) is 4.79 Å². The van der Waals surface area contributed by atoms with Crippen LogP contribution in [-0.2, 0) is 11.3 Å². The highest BCUT2D eigenvalue weighted by Crippen LogP contribution is 1.94. The minimum absolute atomic E-state index is 0.422. The Balaban J connectivity index is 2.31. The van der Waals surface area contributed by atoms with Gasteiger partial charge in [-0.1, -0.05) is 0 Å². The molecule has 0 saturated carbocycles. The average Bonchev–Trinajstić information content (AvgIpc) is 2.51. The molecule has 0 bridgehead atoms. The number of hydrogen-bond donors (Lipinski definition) is 2. The summed E-state index contributed by atoms with van der Waals surface area (Å²) in [6.07, 6.45) is 5.47. The van der Waals surface area contributed by atoms with Crippen LogP contribution < -0.4 is 5.73 Å².